The Morgan fingerprint density at radius 1 is 0.315 bits per heavy atom. The van der Waals surface area contributed by atoms with Gasteiger partial charge in [0.2, 0.25) is 0 Å². The molecule has 0 atom stereocenters. The van der Waals surface area contributed by atoms with Crippen LogP contribution in [-0.4, -0.2) is 14.5 Å². The summed E-state index contributed by atoms with van der Waals surface area (Å²) in [5, 5.41) is 2.34. The quantitative estimate of drug-likeness (QED) is 0.129. The van der Waals surface area contributed by atoms with E-state index in [1.54, 1.807) is 0 Å². The van der Waals surface area contributed by atoms with Crippen LogP contribution >= 0.6 is 0 Å². The first-order chi connectivity index (χ1) is 35.9. The molecule has 0 saturated heterocycles. The van der Waals surface area contributed by atoms with Gasteiger partial charge in [0, 0.05) is 67.3 Å². The van der Waals surface area contributed by atoms with Crippen LogP contribution in [0.3, 0.4) is 0 Å². The molecular weight excluding hydrogens is 887 g/mol. The second kappa shape index (κ2) is 19.1. The summed E-state index contributed by atoms with van der Waals surface area (Å²) in [5.41, 5.74) is 22.1. The van der Waals surface area contributed by atoms with Crippen molar-refractivity contribution in [3.8, 4) is 50.7 Å². The summed E-state index contributed by atoms with van der Waals surface area (Å²) in [4.78, 5) is 15.0. The minimum absolute atomic E-state index is 0.729. The first kappa shape index (κ1) is 44.9. The van der Waals surface area contributed by atoms with Gasteiger partial charge in [0.1, 0.15) is 0 Å². The van der Waals surface area contributed by atoms with E-state index in [4.69, 9.17) is 9.97 Å². The van der Waals surface area contributed by atoms with Crippen LogP contribution in [0.5, 0.6) is 0 Å². The average Bonchev–Trinajstić information content (AvgIpc) is 3.76. The lowest BCUT2D eigenvalue weighted by Gasteiger charge is -2.26. The second-order valence-electron chi connectivity index (χ2n) is 18.9. The number of para-hydroxylation sites is 4. The number of benzene rings is 10. The highest BCUT2D eigenvalue weighted by Gasteiger charge is 2.22. The lowest BCUT2D eigenvalue weighted by molar-refractivity contribution is 1.16. The van der Waals surface area contributed by atoms with Crippen LogP contribution in [0.2, 0.25) is 0 Å². The lowest BCUT2D eigenvalue weighted by Crippen LogP contribution is -2.09. The fraction of sp³-hybridized carbons (Fsp3) is 0.0588. The van der Waals surface area contributed by atoms with Gasteiger partial charge in [-0.05, 0) is 164 Å². The van der Waals surface area contributed by atoms with Crippen LogP contribution in [0.15, 0.2) is 249 Å². The van der Waals surface area contributed by atoms with Crippen molar-refractivity contribution in [1.82, 2.24) is 14.5 Å². The normalized spacial score (nSPS) is 11.3. The molecule has 350 valence electrons. The predicted molar refractivity (Wildman–Crippen MR) is 306 cm³/mol. The molecule has 0 amide bonds. The molecule has 0 radical (unpaired) electrons. The second-order valence-corrected chi connectivity index (χ2v) is 18.9. The van der Waals surface area contributed by atoms with E-state index >= 15 is 0 Å². The van der Waals surface area contributed by atoms with Crippen molar-refractivity contribution in [3.05, 3.63) is 271 Å². The number of anilines is 6. The van der Waals surface area contributed by atoms with Crippen LogP contribution in [-0.2, 0) is 0 Å². The van der Waals surface area contributed by atoms with Crippen LogP contribution < -0.4 is 9.80 Å². The van der Waals surface area contributed by atoms with Crippen molar-refractivity contribution in [1.29, 1.82) is 0 Å². The summed E-state index contributed by atoms with van der Waals surface area (Å²) in [6, 6.07) is 89.0. The molecule has 5 nitrogen and oxygen atoms in total. The van der Waals surface area contributed by atoms with Gasteiger partial charge in [0.05, 0.1) is 22.4 Å². The number of aryl methyl sites for hydroxylation is 4. The number of hydrogen-bond acceptors (Lipinski definition) is 4. The molecule has 0 bridgehead atoms. The fourth-order valence-electron chi connectivity index (χ4n) is 10.6. The minimum Gasteiger partial charge on any atom is -0.310 e. The smallest absolute Gasteiger partial charge is 0.160 e. The van der Waals surface area contributed by atoms with Crippen molar-refractivity contribution in [3.63, 3.8) is 0 Å². The van der Waals surface area contributed by atoms with Crippen LogP contribution in [0.4, 0.5) is 34.1 Å². The van der Waals surface area contributed by atoms with Gasteiger partial charge in [-0.3, -0.25) is 0 Å². The molecule has 0 aliphatic carbocycles. The SMILES string of the molecule is Cc1ccccc1-c1cc(-c2ccc(-c3c(C)cc(-n4c5ccc(N(c6ccccc6)c6ccccc6)cc5c5cc(N(c6ccccc6)c6ccccc6)ccc54)cc3C)cc2)nc(-c2ccccc2C)n1. The molecule has 73 heavy (non-hydrogen) atoms. The van der Waals surface area contributed by atoms with E-state index in [1.165, 1.54) is 33.0 Å². The molecule has 12 aromatic rings. The highest BCUT2D eigenvalue weighted by atomic mass is 15.1. The maximum absolute atomic E-state index is 5.19. The Morgan fingerprint density at radius 2 is 0.712 bits per heavy atom. The molecule has 0 saturated carbocycles. The summed E-state index contributed by atoms with van der Waals surface area (Å²) < 4.78 is 2.45. The van der Waals surface area contributed by atoms with Gasteiger partial charge >= 0.3 is 0 Å². The number of nitrogens with zero attached hydrogens (tertiary/aromatic N) is 5. The molecule has 0 N–H and O–H groups in total. The van der Waals surface area contributed by atoms with Gasteiger partial charge in [-0.25, -0.2) is 9.97 Å². The zero-order chi connectivity index (χ0) is 49.4. The molecule has 2 aromatic heterocycles. The molecule has 0 unspecified atom stereocenters. The molecule has 5 heteroatoms. The largest absolute Gasteiger partial charge is 0.310 e. The maximum atomic E-state index is 5.19. The van der Waals surface area contributed by atoms with E-state index in [9.17, 15) is 0 Å². The topological polar surface area (TPSA) is 37.2 Å². The molecule has 0 aliphatic heterocycles. The van der Waals surface area contributed by atoms with E-state index in [-0.39, 0.29) is 0 Å². The predicted octanol–water partition coefficient (Wildman–Crippen LogP) is 18.4. The van der Waals surface area contributed by atoms with Gasteiger partial charge in [-0.15, -0.1) is 0 Å². The van der Waals surface area contributed by atoms with Crippen molar-refractivity contribution in [2.45, 2.75) is 27.7 Å². The first-order valence-electron chi connectivity index (χ1n) is 25.0. The molecule has 0 aliphatic rings. The van der Waals surface area contributed by atoms with Gasteiger partial charge in [0.25, 0.3) is 0 Å². The van der Waals surface area contributed by atoms with E-state index in [1.807, 2.05) is 0 Å². The zero-order valence-electron chi connectivity index (χ0n) is 41.4. The third kappa shape index (κ3) is 8.51. The van der Waals surface area contributed by atoms with Gasteiger partial charge in [0.15, 0.2) is 5.82 Å². The first-order valence-corrected chi connectivity index (χ1v) is 25.0. The van der Waals surface area contributed by atoms with Crippen molar-refractivity contribution in [2.24, 2.45) is 0 Å². The van der Waals surface area contributed by atoms with Gasteiger partial charge in [-0.1, -0.05) is 146 Å². The molecule has 2 heterocycles. The Kier molecular flexibility index (Phi) is 11.7. The highest BCUT2D eigenvalue weighted by Crippen LogP contribution is 2.44. The summed E-state index contributed by atoms with van der Waals surface area (Å²) in [6.07, 6.45) is 0. The Balaban J connectivity index is 0.984. The standard InChI is InChI=1S/C68H53N5/c1-46-21-17-19-31-59(46)64-45-63(69-68(70-64)60-32-20-18-22-47(60)2)50-33-35-51(36-34-50)67-48(3)41-58(42-49(67)4)73-65-39-37-56(71(52-23-9-5-10-24-52)53-25-11-6-12-26-53)43-61(65)62-44-57(38-40-66(62)73)72(54-27-13-7-14-28-54)55-29-15-8-16-30-55/h5-45H,1-4H3. The van der Waals surface area contributed by atoms with Crippen LogP contribution in [0, 0.1) is 27.7 Å². The number of aromatic nitrogens is 3. The third-order valence-electron chi connectivity index (χ3n) is 14.1. The summed E-state index contributed by atoms with van der Waals surface area (Å²) >= 11 is 0. The van der Waals surface area contributed by atoms with E-state index in [0.717, 1.165) is 95.9 Å². The fourth-order valence-corrected chi connectivity index (χ4v) is 10.6. The average molecular weight is 940 g/mol. The number of fused-ring (bicyclic) bond motifs is 3. The van der Waals surface area contributed by atoms with E-state index in [2.05, 4.69) is 291 Å². The van der Waals surface area contributed by atoms with Crippen molar-refractivity contribution >= 4 is 55.9 Å². The Hall–Kier alpha value is -9.32. The molecule has 10 aromatic carbocycles. The zero-order valence-corrected chi connectivity index (χ0v) is 41.4. The molecule has 12 rings (SSSR count). The molecule has 0 spiro atoms. The van der Waals surface area contributed by atoms with E-state index < -0.39 is 0 Å². The summed E-state index contributed by atoms with van der Waals surface area (Å²) in [7, 11) is 0. The van der Waals surface area contributed by atoms with Crippen molar-refractivity contribution < 1.29 is 0 Å². The highest BCUT2D eigenvalue weighted by molar-refractivity contribution is 6.12. The molecular formula is C68H53N5. The Morgan fingerprint density at radius 3 is 1.16 bits per heavy atom. The van der Waals surface area contributed by atoms with Gasteiger partial charge < -0.3 is 14.4 Å². The Labute approximate surface area is 427 Å². The summed E-state index contributed by atoms with van der Waals surface area (Å²) in [5.74, 6) is 0.729. The van der Waals surface area contributed by atoms with Crippen molar-refractivity contribution in [2.75, 3.05) is 9.80 Å². The van der Waals surface area contributed by atoms with Gasteiger partial charge in [-0.2, -0.15) is 0 Å². The number of rotatable bonds is 11. The summed E-state index contributed by atoms with van der Waals surface area (Å²) in [6.45, 7) is 8.75. The third-order valence-corrected chi connectivity index (χ3v) is 14.1. The Bertz CT molecular complexity index is 3630. The lowest BCUT2D eigenvalue weighted by atomic mass is 9.93. The van der Waals surface area contributed by atoms with Crippen LogP contribution in [0.25, 0.3) is 72.5 Å². The molecule has 0 fully saturated rings. The maximum Gasteiger partial charge on any atom is 0.160 e. The van der Waals surface area contributed by atoms with E-state index in [0.29, 0.717) is 0 Å². The minimum atomic E-state index is 0.729. The van der Waals surface area contributed by atoms with Crippen LogP contribution in [0.1, 0.15) is 22.3 Å². The number of hydrogen-bond donors (Lipinski definition) is 0. The monoisotopic (exact) mass is 939 g/mol.